The number of fused-ring (bicyclic) bond motifs is 2. The van der Waals surface area contributed by atoms with Crippen LogP contribution in [0.2, 0.25) is 0 Å². The summed E-state index contributed by atoms with van der Waals surface area (Å²) in [6.45, 7) is 5.33. The second-order valence-corrected chi connectivity index (χ2v) is 19.3. The monoisotopic (exact) mass is 762 g/mol. The van der Waals surface area contributed by atoms with Gasteiger partial charge in [0.1, 0.15) is 5.75 Å². The molecule has 8 atom stereocenters. The van der Waals surface area contributed by atoms with Crippen molar-refractivity contribution in [3.63, 3.8) is 0 Å². The molecule has 6 aliphatic rings. The highest BCUT2D eigenvalue weighted by molar-refractivity contribution is 7.21. The van der Waals surface area contributed by atoms with E-state index in [0.717, 1.165) is 52.6 Å². The number of Topliss-reactive ketones (excluding diaryl/α,β-unsaturated/α-hetero) is 1. The molecule has 0 saturated heterocycles. The van der Waals surface area contributed by atoms with Gasteiger partial charge in [0.2, 0.25) is 0 Å². The Morgan fingerprint density at radius 3 is 2.46 bits per heavy atom. The average molecular weight is 763 g/mol. The Morgan fingerprint density at radius 1 is 0.944 bits per heavy atom. The molecule has 3 fully saturated rings. The Morgan fingerprint density at radius 2 is 1.70 bits per heavy atom. The van der Waals surface area contributed by atoms with E-state index in [1.807, 2.05) is 53.4 Å². The van der Waals surface area contributed by atoms with Crippen molar-refractivity contribution in [2.24, 2.45) is 33.5 Å². The lowest BCUT2D eigenvalue weighted by molar-refractivity contribution is -0.174. The van der Waals surface area contributed by atoms with Crippen LogP contribution in [0, 0.1) is 33.5 Å². The minimum Gasteiger partial charge on any atom is -0.497 e. The zero-order valence-corrected chi connectivity index (χ0v) is 33.0. The molecule has 10 rings (SSSR count). The first-order valence-electron chi connectivity index (χ1n) is 19.5. The van der Waals surface area contributed by atoms with Crippen LogP contribution in [-0.4, -0.2) is 58.8 Å². The minimum atomic E-state index is -1.17. The predicted octanol–water partition coefficient (Wildman–Crippen LogP) is 9.52. The highest BCUT2D eigenvalue weighted by atomic mass is 32.1. The van der Waals surface area contributed by atoms with Crippen LogP contribution in [0.15, 0.2) is 95.9 Å². The van der Waals surface area contributed by atoms with Crippen LogP contribution in [0.3, 0.4) is 0 Å². The Bertz CT molecular complexity index is 2130. The Kier molecular flexibility index (Phi) is 8.58. The summed E-state index contributed by atoms with van der Waals surface area (Å²) >= 11 is 3.24. The number of carbonyl (C=O) groups excluding carboxylic acids is 2. The fraction of sp³-hybridized carbons (Fsp3) is 0.467. The molecule has 8 unspecified atom stereocenters. The number of ether oxygens (including phenoxy) is 1. The fourth-order valence-electron chi connectivity index (χ4n) is 12.0. The van der Waals surface area contributed by atoms with Gasteiger partial charge < -0.3 is 25.2 Å². The van der Waals surface area contributed by atoms with Gasteiger partial charge in [-0.25, -0.2) is 4.79 Å². The standard InChI is InChI=1S/C45H50N2O5S2/c1-41-18-14-31(48)26-43(41)21-22-45(34(27-43)39(49)36-25-29-7-4-5-9-35(29)54-36)37(41)15-19-42(2)38(45)16-20-44(42,51)28-47(23-17-33-8-6-24-53-33)40(50)46-30-10-12-32(52-3)13-11-30/h4-13,21-22,24-25,27,31,37-38,48,51H,14-20,23,26,28H2,1-3H3,(H,46,50). The van der Waals surface area contributed by atoms with Crippen LogP contribution in [0.25, 0.3) is 10.1 Å². The number of ketones is 1. The summed E-state index contributed by atoms with van der Waals surface area (Å²) in [5.41, 5.74) is -1.26. The summed E-state index contributed by atoms with van der Waals surface area (Å²) < 4.78 is 6.43. The number of hydrogen-bond donors (Lipinski definition) is 3. The third-order valence-corrected chi connectivity index (χ3v) is 16.9. The lowest BCUT2D eigenvalue weighted by Gasteiger charge is -2.71. The van der Waals surface area contributed by atoms with E-state index in [1.165, 1.54) is 4.88 Å². The number of nitrogens with zero attached hydrogens (tertiary/aromatic N) is 1. The SMILES string of the molecule is COc1ccc(NC(=O)N(CCc2cccs2)CC2(O)CCC3C45C=CC6(C=C4C(=O)c4cc7ccccc7s4)CC(O)CCC6(C)C5CCC32C)cc1. The summed E-state index contributed by atoms with van der Waals surface area (Å²) in [6.07, 6.45) is 12.6. The molecule has 2 bridgehead atoms. The molecule has 9 heteroatoms. The first-order chi connectivity index (χ1) is 25.9. The van der Waals surface area contributed by atoms with Gasteiger partial charge in [-0.2, -0.15) is 0 Å². The van der Waals surface area contributed by atoms with Crippen LogP contribution >= 0.6 is 22.7 Å². The molecule has 282 valence electrons. The molecular formula is C45H50N2O5S2. The van der Waals surface area contributed by atoms with Crippen LogP contribution in [-0.2, 0) is 6.42 Å². The minimum absolute atomic E-state index is 0.000323. The van der Waals surface area contributed by atoms with Gasteiger partial charge in [0, 0.05) is 43.6 Å². The molecule has 3 saturated carbocycles. The number of methoxy groups -OCH3 is 1. The van der Waals surface area contributed by atoms with Crippen LogP contribution < -0.4 is 10.1 Å². The highest BCUT2D eigenvalue weighted by Crippen LogP contribution is 2.78. The number of hydrogen-bond acceptors (Lipinski definition) is 7. The van der Waals surface area contributed by atoms with Crippen LogP contribution in [0.1, 0.15) is 73.3 Å². The van der Waals surface area contributed by atoms with Crippen molar-refractivity contribution >= 4 is 50.3 Å². The number of amides is 2. The van der Waals surface area contributed by atoms with Gasteiger partial charge in [0.25, 0.3) is 0 Å². The molecule has 0 radical (unpaired) electrons. The lowest BCUT2D eigenvalue weighted by Crippen LogP contribution is -2.67. The van der Waals surface area contributed by atoms with Crippen molar-refractivity contribution in [3.8, 4) is 5.75 Å². The quantitative estimate of drug-likeness (QED) is 0.117. The fourth-order valence-corrected chi connectivity index (χ4v) is 13.7. The van der Waals surface area contributed by atoms with Crippen LogP contribution in [0.5, 0.6) is 5.75 Å². The maximum Gasteiger partial charge on any atom is 0.321 e. The topological polar surface area (TPSA) is 99.1 Å². The molecule has 7 nitrogen and oxygen atoms in total. The zero-order chi connectivity index (χ0) is 37.5. The summed E-state index contributed by atoms with van der Waals surface area (Å²) in [5.74, 6) is 1.00. The molecule has 0 aliphatic heterocycles. The van der Waals surface area contributed by atoms with Crippen molar-refractivity contribution in [2.45, 2.75) is 76.9 Å². The van der Waals surface area contributed by atoms with Crippen molar-refractivity contribution in [2.75, 3.05) is 25.5 Å². The van der Waals surface area contributed by atoms with E-state index in [2.05, 4.69) is 61.0 Å². The second kappa shape index (κ2) is 12.9. The number of benzene rings is 2. The molecule has 6 aliphatic carbocycles. The molecular weight excluding hydrogens is 713 g/mol. The van der Waals surface area contributed by atoms with E-state index in [4.69, 9.17) is 4.74 Å². The second-order valence-electron chi connectivity index (χ2n) is 17.2. The Hall–Kier alpha value is -3.76. The molecule has 54 heavy (non-hydrogen) atoms. The first kappa shape index (κ1) is 35.9. The number of nitrogens with one attached hydrogen (secondary N) is 1. The first-order valence-corrected chi connectivity index (χ1v) is 21.2. The number of rotatable bonds is 9. The zero-order valence-electron chi connectivity index (χ0n) is 31.3. The average Bonchev–Trinajstić information content (AvgIpc) is 3.91. The third kappa shape index (κ3) is 5.25. The highest BCUT2D eigenvalue weighted by Gasteiger charge is 2.74. The largest absolute Gasteiger partial charge is 0.497 e. The summed E-state index contributed by atoms with van der Waals surface area (Å²) in [4.78, 5) is 33.0. The van der Waals surface area contributed by atoms with Crippen LogP contribution in [0.4, 0.5) is 10.5 Å². The predicted molar refractivity (Wildman–Crippen MR) is 216 cm³/mol. The number of carbonyl (C=O) groups is 2. The smallest absolute Gasteiger partial charge is 0.321 e. The van der Waals surface area contributed by atoms with Gasteiger partial charge in [-0.15, -0.1) is 22.7 Å². The molecule has 2 heterocycles. The summed E-state index contributed by atoms with van der Waals surface area (Å²) in [6, 6.07) is 21.5. The number of urea groups is 1. The molecule has 2 amide bonds. The normalized spacial score (nSPS) is 34.8. The van der Waals surface area contributed by atoms with E-state index >= 15 is 4.79 Å². The van der Waals surface area contributed by atoms with E-state index in [1.54, 1.807) is 29.8 Å². The molecule has 2 spiro atoms. The van der Waals surface area contributed by atoms with Gasteiger partial charge in [-0.05, 0) is 122 Å². The van der Waals surface area contributed by atoms with E-state index in [0.29, 0.717) is 37.2 Å². The molecule has 2 aromatic carbocycles. The number of thiophene rings is 2. The molecule has 4 aromatic rings. The van der Waals surface area contributed by atoms with Gasteiger partial charge in [0.05, 0.1) is 30.2 Å². The van der Waals surface area contributed by atoms with Gasteiger partial charge in [-0.1, -0.05) is 56.3 Å². The number of aliphatic hydroxyl groups is 2. The molecule has 2 aromatic heterocycles. The maximum atomic E-state index is 15.1. The lowest BCUT2D eigenvalue weighted by atomic mass is 9.32. The maximum absolute atomic E-state index is 15.1. The van der Waals surface area contributed by atoms with Crippen molar-refractivity contribution in [1.82, 2.24) is 4.90 Å². The van der Waals surface area contributed by atoms with Crippen molar-refractivity contribution < 1.29 is 24.5 Å². The van der Waals surface area contributed by atoms with Crippen molar-refractivity contribution in [3.05, 3.63) is 106 Å². The van der Waals surface area contributed by atoms with E-state index in [-0.39, 0.29) is 41.0 Å². The van der Waals surface area contributed by atoms with E-state index < -0.39 is 22.5 Å². The van der Waals surface area contributed by atoms with E-state index in [9.17, 15) is 15.0 Å². The summed E-state index contributed by atoms with van der Waals surface area (Å²) in [5, 5.41) is 30.5. The van der Waals surface area contributed by atoms with Gasteiger partial charge >= 0.3 is 6.03 Å². The number of aliphatic hydroxyl groups excluding tert-OH is 1. The number of anilines is 1. The number of allylic oxidation sites excluding steroid dienone is 4. The Balaban J connectivity index is 1.09. The van der Waals surface area contributed by atoms with Gasteiger partial charge in [0.15, 0.2) is 5.78 Å². The Labute approximate surface area is 325 Å². The van der Waals surface area contributed by atoms with Crippen molar-refractivity contribution in [1.29, 1.82) is 0 Å². The van der Waals surface area contributed by atoms with Gasteiger partial charge in [-0.3, -0.25) is 4.79 Å². The molecule has 3 N–H and O–H groups in total. The third-order valence-electron chi connectivity index (χ3n) is 14.9. The summed E-state index contributed by atoms with van der Waals surface area (Å²) in [7, 11) is 1.62.